The summed E-state index contributed by atoms with van der Waals surface area (Å²) >= 11 is 9.60. The van der Waals surface area contributed by atoms with Gasteiger partial charge in [-0.15, -0.1) is 0 Å². The maximum Gasteiger partial charge on any atom is 0.263 e. The Morgan fingerprint density at radius 3 is 2.65 bits per heavy atom. The third-order valence-electron chi connectivity index (χ3n) is 2.02. The van der Waals surface area contributed by atoms with Crippen molar-refractivity contribution < 1.29 is 4.79 Å². The van der Waals surface area contributed by atoms with Crippen LogP contribution in [0.5, 0.6) is 0 Å². The third-order valence-corrected chi connectivity index (χ3v) is 3.64. The molecule has 5 heteroatoms. The maximum atomic E-state index is 11.4. The number of halogens is 1. The normalized spacial score (nSPS) is 18.6. The monoisotopic (exact) mass is 325 g/mol. The fraction of sp³-hybridized carbons (Fsp3) is 0. The largest absolute Gasteiger partial charge is 0.307 e. The number of benzene rings is 1. The molecule has 0 aliphatic carbocycles. The van der Waals surface area contributed by atoms with Crippen LogP contribution in [-0.4, -0.2) is 10.2 Å². The van der Waals surface area contributed by atoms with Crippen LogP contribution in [0.25, 0.3) is 6.08 Å². The topological polar surface area (TPSA) is 29.1 Å². The van der Waals surface area contributed by atoms with Crippen molar-refractivity contribution in [3.8, 4) is 0 Å². The average molecular weight is 326 g/mol. The molecular formula is C12H8BrNOS2. The van der Waals surface area contributed by atoms with Crippen molar-refractivity contribution >= 4 is 56.2 Å². The van der Waals surface area contributed by atoms with Crippen molar-refractivity contribution in [2.45, 2.75) is 0 Å². The van der Waals surface area contributed by atoms with Gasteiger partial charge in [0.05, 0.1) is 4.91 Å². The molecule has 17 heavy (non-hydrogen) atoms. The van der Waals surface area contributed by atoms with Gasteiger partial charge in [0.1, 0.15) is 4.32 Å². The number of hydrogen-bond acceptors (Lipinski definition) is 3. The van der Waals surface area contributed by atoms with Crippen LogP contribution in [0, 0.1) is 0 Å². The summed E-state index contributed by atoms with van der Waals surface area (Å²) in [6.45, 7) is 0. The molecule has 1 aromatic carbocycles. The summed E-state index contributed by atoms with van der Waals surface area (Å²) in [5.41, 5.74) is 1.07. The SMILES string of the molecule is O=C1NC(=S)S/C1=C\C(Br)=C\c1ccccc1. The summed E-state index contributed by atoms with van der Waals surface area (Å²) < 4.78 is 1.34. The minimum atomic E-state index is -0.140. The van der Waals surface area contributed by atoms with Crippen molar-refractivity contribution in [1.29, 1.82) is 0 Å². The van der Waals surface area contributed by atoms with Gasteiger partial charge in [0, 0.05) is 4.48 Å². The van der Waals surface area contributed by atoms with E-state index in [1.54, 1.807) is 6.08 Å². The minimum absolute atomic E-state index is 0.140. The van der Waals surface area contributed by atoms with Gasteiger partial charge in [-0.05, 0) is 17.7 Å². The van der Waals surface area contributed by atoms with E-state index < -0.39 is 0 Å². The van der Waals surface area contributed by atoms with E-state index >= 15 is 0 Å². The number of allylic oxidation sites excluding steroid dienone is 2. The van der Waals surface area contributed by atoms with E-state index in [1.165, 1.54) is 11.8 Å². The molecule has 1 amide bonds. The Morgan fingerprint density at radius 2 is 2.06 bits per heavy atom. The van der Waals surface area contributed by atoms with Gasteiger partial charge in [-0.1, -0.05) is 70.2 Å². The van der Waals surface area contributed by atoms with Crippen LogP contribution in [0.2, 0.25) is 0 Å². The van der Waals surface area contributed by atoms with Crippen molar-refractivity contribution in [1.82, 2.24) is 5.32 Å². The molecule has 0 bridgehead atoms. The average Bonchev–Trinajstić information content (AvgIpc) is 2.58. The van der Waals surface area contributed by atoms with Crippen LogP contribution in [0.15, 0.2) is 45.8 Å². The van der Waals surface area contributed by atoms with Gasteiger partial charge >= 0.3 is 0 Å². The van der Waals surface area contributed by atoms with E-state index in [0.717, 1.165) is 10.0 Å². The number of amides is 1. The van der Waals surface area contributed by atoms with E-state index in [4.69, 9.17) is 12.2 Å². The van der Waals surface area contributed by atoms with E-state index in [1.807, 2.05) is 36.4 Å². The highest BCUT2D eigenvalue weighted by atomic mass is 79.9. The van der Waals surface area contributed by atoms with Crippen molar-refractivity contribution in [2.24, 2.45) is 0 Å². The highest BCUT2D eigenvalue weighted by molar-refractivity contribution is 9.12. The minimum Gasteiger partial charge on any atom is -0.307 e. The molecule has 0 saturated carbocycles. The number of thioether (sulfide) groups is 1. The van der Waals surface area contributed by atoms with Crippen LogP contribution in [0.4, 0.5) is 0 Å². The highest BCUT2D eigenvalue weighted by Crippen LogP contribution is 2.26. The third kappa shape index (κ3) is 3.52. The molecule has 2 rings (SSSR count). The summed E-state index contributed by atoms with van der Waals surface area (Å²) in [6.07, 6.45) is 3.72. The first kappa shape index (κ1) is 12.5. The highest BCUT2D eigenvalue weighted by Gasteiger charge is 2.21. The second-order valence-electron chi connectivity index (χ2n) is 3.29. The molecule has 1 aliphatic rings. The van der Waals surface area contributed by atoms with Crippen LogP contribution in [-0.2, 0) is 4.79 Å². The zero-order chi connectivity index (χ0) is 12.3. The summed E-state index contributed by atoms with van der Waals surface area (Å²) in [7, 11) is 0. The molecule has 0 unspecified atom stereocenters. The van der Waals surface area contributed by atoms with Gasteiger partial charge in [-0.2, -0.15) is 0 Å². The molecule has 1 saturated heterocycles. The lowest BCUT2D eigenvalue weighted by Crippen LogP contribution is -2.17. The van der Waals surface area contributed by atoms with Crippen LogP contribution >= 0.6 is 39.9 Å². The smallest absolute Gasteiger partial charge is 0.263 e. The number of nitrogens with one attached hydrogen (secondary N) is 1. The molecule has 2 nitrogen and oxygen atoms in total. The molecule has 1 fully saturated rings. The molecule has 1 aromatic rings. The van der Waals surface area contributed by atoms with Crippen molar-refractivity contribution in [2.75, 3.05) is 0 Å². The molecule has 0 atom stereocenters. The molecule has 1 N–H and O–H groups in total. The Kier molecular flexibility index (Phi) is 4.15. The predicted molar refractivity (Wildman–Crippen MR) is 79.8 cm³/mol. The summed E-state index contributed by atoms with van der Waals surface area (Å²) in [5, 5.41) is 2.58. The molecule has 0 spiro atoms. The Labute approximate surface area is 117 Å². The van der Waals surface area contributed by atoms with Crippen molar-refractivity contribution in [3.63, 3.8) is 0 Å². The Bertz CT molecular complexity index is 523. The van der Waals surface area contributed by atoms with E-state index in [-0.39, 0.29) is 5.91 Å². The van der Waals surface area contributed by atoms with Crippen LogP contribution < -0.4 is 5.32 Å². The van der Waals surface area contributed by atoms with Crippen molar-refractivity contribution in [3.05, 3.63) is 51.4 Å². The number of thiocarbonyl (C=S) groups is 1. The Balaban J connectivity index is 2.19. The number of rotatable bonds is 2. The summed E-state index contributed by atoms with van der Waals surface area (Å²) in [6, 6.07) is 9.87. The molecule has 86 valence electrons. The standard InChI is InChI=1S/C12H8BrNOS2/c13-9(6-8-4-2-1-3-5-8)7-10-11(15)14-12(16)17-10/h1-7H,(H,14,15,16)/b9-6-,10-7-. The van der Waals surface area contributed by atoms with Crippen LogP contribution in [0.3, 0.4) is 0 Å². The van der Waals surface area contributed by atoms with Gasteiger partial charge in [0.15, 0.2) is 0 Å². The number of carbonyl (C=O) groups is 1. The first-order valence-electron chi connectivity index (χ1n) is 4.82. The van der Waals surface area contributed by atoms with Gasteiger partial charge < -0.3 is 5.32 Å². The lowest BCUT2D eigenvalue weighted by Gasteiger charge is -1.94. The molecule has 1 heterocycles. The van der Waals surface area contributed by atoms with Crippen LogP contribution in [0.1, 0.15) is 5.56 Å². The van der Waals surface area contributed by atoms with Gasteiger partial charge in [-0.3, -0.25) is 4.79 Å². The maximum absolute atomic E-state index is 11.4. The molecular weight excluding hydrogens is 318 g/mol. The predicted octanol–water partition coefficient (Wildman–Crippen LogP) is 3.45. The second-order valence-corrected chi connectivity index (χ2v) is 5.93. The van der Waals surface area contributed by atoms with Gasteiger partial charge in [-0.25, -0.2) is 0 Å². The fourth-order valence-electron chi connectivity index (χ4n) is 1.30. The summed E-state index contributed by atoms with van der Waals surface area (Å²) in [5.74, 6) is -0.140. The molecule has 0 radical (unpaired) electrons. The fourth-order valence-corrected chi connectivity index (χ4v) is 2.98. The van der Waals surface area contributed by atoms with E-state index in [0.29, 0.717) is 9.23 Å². The number of hydrogen-bond donors (Lipinski definition) is 1. The summed E-state index contributed by atoms with van der Waals surface area (Å²) in [4.78, 5) is 12.0. The second kappa shape index (κ2) is 5.62. The molecule has 1 aliphatic heterocycles. The first-order chi connectivity index (χ1) is 8.15. The molecule has 0 aromatic heterocycles. The van der Waals surface area contributed by atoms with E-state index in [2.05, 4.69) is 21.2 Å². The van der Waals surface area contributed by atoms with Gasteiger partial charge in [0.25, 0.3) is 5.91 Å². The lowest BCUT2D eigenvalue weighted by atomic mass is 10.2. The Hall–Kier alpha value is -0.910. The zero-order valence-corrected chi connectivity index (χ0v) is 11.9. The lowest BCUT2D eigenvalue weighted by molar-refractivity contribution is -0.115. The first-order valence-corrected chi connectivity index (χ1v) is 6.84. The Morgan fingerprint density at radius 1 is 1.35 bits per heavy atom. The van der Waals surface area contributed by atoms with Gasteiger partial charge in [0.2, 0.25) is 0 Å². The quantitative estimate of drug-likeness (QED) is 0.667. The number of carbonyl (C=O) groups excluding carboxylic acids is 1. The van der Waals surface area contributed by atoms with E-state index in [9.17, 15) is 4.79 Å². The zero-order valence-electron chi connectivity index (χ0n) is 8.64.